The minimum atomic E-state index is -0.114. The Labute approximate surface area is 117 Å². The first-order valence-electron chi connectivity index (χ1n) is 6.76. The summed E-state index contributed by atoms with van der Waals surface area (Å²) in [6.45, 7) is 5.24. The van der Waals surface area contributed by atoms with Gasteiger partial charge in [0.2, 0.25) is 0 Å². The highest BCUT2D eigenvalue weighted by Gasteiger charge is 2.38. The van der Waals surface area contributed by atoms with E-state index in [1.807, 2.05) is 12.1 Å². The van der Waals surface area contributed by atoms with Crippen LogP contribution in [0.1, 0.15) is 51.1 Å². The molecule has 0 aliphatic heterocycles. The van der Waals surface area contributed by atoms with Crippen molar-refractivity contribution in [3.8, 4) is 0 Å². The zero-order valence-corrected chi connectivity index (χ0v) is 12.7. The molecule has 100 valence electrons. The fraction of sp³-hybridized carbons (Fsp3) is 0.600. The molecule has 2 rings (SSSR count). The first kappa shape index (κ1) is 14.0. The van der Waals surface area contributed by atoms with Gasteiger partial charge in [0.1, 0.15) is 5.82 Å². The van der Waals surface area contributed by atoms with Crippen molar-refractivity contribution in [1.82, 2.24) is 5.32 Å². The summed E-state index contributed by atoms with van der Waals surface area (Å²) in [5.41, 5.74) is 0.980. The zero-order chi connectivity index (χ0) is 13.2. The molecule has 1 aromatic carbocycles. The summed E-state index contributed by atoms with van der Waals surface area (Å²) < 4.78 is 14.9. The molecule has 0 aromatic heterocycles. The van der Waals surface area contributed by atoms with Crippen LogP contribution in [0.25, 0.3) is 0 Å². The molecule has 3 heteroatoms. The lowest BCUT2D eigenvalue weighted by atomic mass is 9.77. The molecule has 1 N–H and O–H groups in total. The summed E-state index contributed by atoms with van der Waals surface area (Å²) >= 11 is 3.29. The van der Waals surface area contributed by atoms with E-state index < -0.39 is 0 Å². The average Bonchev–Trinajstić information content (AvgIpc) is 2.78. The maximum atomic E-state index is 14.3. The molecule has 0 amide bonds. The fourth-order valence-corrected chi connectivity index (χ4v) is 3.53. The van der Waals surface area contributed by atoms with Crippen molar-refractivity contribution in [3.63, 3.8) is 0 Å². The third-order valence-corrected chi connectivity index (χ3v) is 4.76. The lowest BCUT2D eigenvalue weighted by Gasteiger charge is -2.35. The summed E-state index contributed by atoms with van der Waals surface area (Å²) in [5.74, 6) is -0.114. The van der Waals surface area contributed by atoms with Crippen LogP contribution in [0.4, 0.5) is 4.39 Å². The summed E-state index contributed by atoms with van der Waals surface area (Å²) in [4.78, 5) is 0. The van der Waals surface area contributed by atoms with Crippen LogP contribution in [0.15, 0.2) is 22.7 Å². The van der Waals surface area contributed by atoms with Gasteiger partial charge in [-0.1, -0.05) is 38.8 Å². The van der Waals surface area contributed by atoms with Crippen molar-refractivity contribution in [1.29, 1.82) is 0 Å². The summed E-state index contributed by atoms with van der Waals surface area (Å²) in [5, 5.41) is 3.49. The van der Waals surface area contributed by atoms with Gasteiger partial charge in [-0.25, -0.2) is 4.39 Å². The minimum Gasteiger partial charge on any atom is -0.310 e. The van der Waals surface area contributed by atoms with Crippen LogP contribution < -0.4 is 5.32 Å². The molecule has 1 fully saturated rings. The predicted molar refractivity (Wildman–Crippen MR) is 77.1 cm³/mol. The topological polar surface area (TPSA) is 12.0 Å². The molecule has 18 heavy (non-hydrogen) atoms. The number of halogens is 2. The van der Waals surface area contributed by atoms with Gasteiger partial charge in [-0.05, 0) is 46.8 Å². The first-order valence-corrected chi connectivity index (χ1v) is 7.55. The number of nitrogens with one attached hydrogen (secondary N) is 1. The van der Waals surface area contributed by atoms with Gasteiger partial charge >= 0.3 is 0 Å². The van der Waals surface area contributed by atoms with E-state index in [1.54, 1.807) is 6.07 Å². The monoisotopic (exact) mass is 313 g/mol. The molecule has 0 bridgehead atoms. The maximum Gasteiger partial charge on any atom is 0.142 e. The molecule has 1 atom stereocenters. The second-order valence-corrected chi connectivity index (χ2v) is 6.35. The Morgan fingerprint density at radius 3 is 2.67 bits per heavy atom. The Morgan fingerprint density at radius 2 is 2.06 bits per heavy atom. The Kier molecular flexibility index (Phi) is 4.44. The van der Waals surface area contributed by atoms with Gasteiger partial charge < -0.3 is 5.32 Å². The van der Waals surface area contributed by atoms with Crippen molar-refractivity contribution in [3.05, 3.63) is 34.1 Å². The lowest BCUT2D eigenvalue weighted by Crippen LogP contribution is -2.35. The van der Waals surface area contributed by atoms with Gasteiger partial charge in [0.05, 0.1) is 4.47 Å². The molecule has 1 aliphatic carbocycles. The molecule has 0 heterocycles. The van der Waals surface area contributed by atoms with Crippen LogP contribution in [0.2, 0.25) is 0 Å². The first-order chi connectivity index (χ1) is 8.58. The van der Waals surface area contributed by atoms with E-state index in [4.69, 9.17) is 0 Å². The molecule has 0 spiro atoms. The fourth-order valence-electron chi connectivity index (χ4n) is 3.15. The third kappa shape index (κ3) is 2.62. The van der Waals surface area contributed by atoms with E-state index in [2.05, 4.69) is 35.1 Å². The zero-order valence-electron chi connectivity index (χ0n) is 11.1. The van der Waals surface area contributed by atoms with Crippen LogP contribution >= 0.6 is 15.9 Å². The smallest absolute Gasteiger partial charge is 0.142 e. The largest absolute Gasteiger partial charge is 0.310 e. The van der Waals surface area contributed by atoms with Crippen LogP contribution in [0.5, 0.6) is 0 Å². The van der Waals surface area contributed by atoms with Gasteiger partial charge in [0.15, 0.2) is 0 Å². The Hall–Kier alpha value is -0.410. The van der Waals surface area contributed by atoms with E-state index in [0.717, 1.165) is 12.1 Å². The standard InChI is InChI=1S/C15H21BrFN/c1-3-18-14(15(2)9-4-5-10-15)11-7-6-8-12(16)13(11)17/h6-8,14,18H,3-5,9-10H2,1-2H3. The van der Waals surface area contributed by atoms with Crippen LogP contribution in [0, 0.1) is 11.2 Å². The third-order valence-electron chi connectivity index (χ3n) is 4.14. The van der Waals surface area contributed by atoms with Crippen molar-refractivity contribution in [2.45, 2.75) is 45.6 Å². The molecular formula is C15H21BrFN. The SMILES string of the molecule is CCNC(c1cccc(Br)c1F)C1(C)CCCC1. The van der Waals surface area contributed by atoms with Crippen molar-refractivity contribution in [2.24, 2.45) is 5.41 Å². The Bertz CT molecular complexity index is 413. The van der Waals surface area contributed by atoms with E-state index in [9.17, 15) is 4.39 Å². The van der Waals surface area contributed by atoms with Gasteiger partial charge in [-0.2, -0.15) is 0 Å². The van der Waals surface area contributed by atoms with Crippen LogP contribution in [-0.2, 0) is 0 Å². The normalized spacial score (nSPS) is 20.0. The van der Waals surface area contributed by atoms with E-state index in [1.165, 1.54) is 25.7 Å². The molecule has 1 saturated carbocycles. The maximum absolute atomic E-state index is 14.3. The molecular weight excluding hydrogens is 293 g/mol. The summed E-state index contributed by atoms with van der Waals surface area (Å²) in [6.07, 6.45) is 4.87. The Morgan fingerprint density at radius 1 is 1.39 bits per heavy atom. The van der Waals surface area contributed by atoms with Crippen molar-refractivity contribution < 1.29 is 4.39 Å². The number of benzene rings is 1. The highest BCUT2D eigenvalue weighted by atomic mass is 79.9. The van der Waals surface area contributed by atoms with Gasteiger partial charge in [-0.3, -0.25) is 0 Å². The average molecular weight is 314 g/mol. The molecule has 1 unspecified atom stereocenters. The van der Waals surface area contributed by atoms with Gasteiger partial charge in [0.25, 0.3) is 0 Å². The highest BCUT2D eigenvalue weighted by molar-refractivity contribution is 9.10. The Balaban J connectivity index is 2.38. The number of rotatable bonds is 4. The minimum absolute atomic E-state index is 0.113. The molecule has 1 aliphatic rings. The van der Waals surface area contributed by atoms with Crippen LogP contribution in [0.3, 0.4) is 0 Å². The summed E-state index contributed by atoms with van der Waals surface area (Å²) in [7, 11) is 0. The molecule has 0 saturated heterocycles. The van der Waals surface area contributed by atoms with Gasteiger partial charge in [-0.15, -0.1) is 0 Å². The molecule has 1 aromatic rings. The molecule has 0 radical (unpaired) electrons. The molecule has 1 nitrogen and oxygen atoms in total. The quantitative estimate of drug-likeness (QED) is 0.840. The summed E-state index contributed by atoms with van der Waals surface area (Å²) in [6, 6.07) is 5.71. The van der Waals surface area contributed by atoms with Gasteiger partial charge in [0, 0.05) is 11.6 Å². The number of hydrogen-bond acceptors (Lipinski definition) is 1. The van der Waals surface area contributed by atoms with Crippen molar-refractivity contribution >= 4 is 15.9 Å². The van der Waals surface area contributed by atoms with E-state index >= 15 is 0 Å². The highest BCUT2D eigenvalue weighted by Crippen LogP contribution is 2.48. The predicted octanol–water partition coefficient (Wildman–Crippen LogP) is 4.82. The van der Waals surface area contributed by atoms with E-state index in [0.29, 0.717) is 4.47 Å². The van der Waals surface area contributed by atoms with E-state index in [-0.39, 0.29) is 17.3 Å². The lowest BCUT2D eigenvalue weighted by molar-refractivity contribution is 0.221. The van der Waals surface area contributed by atoms with Crippen LogP contribution in [-0.4, -0.2) is 6.54 Å². The van der Waals surface area contributed by atoms with Crippen molar-refractivity contribution in [2.75, 3.05) is 6.54 Å². The number of hydrogen-bond donors (Lipinski definition) is 1. The second kappa shape index (κ2) is 5.70. The second-order valence-electron chi connectivity index (χ2n) is 5.49.